The van der Waals surface area contributed by atoms with E-state index >= 15 is 0 Å². The molecule has 4 heteroatoms. The average Bonchev–Trinajstić information content (AvgIpc) is 2.73. The largest absolute Gasteiger partial charge is 0.497 e. The number of rotatable bonds is 9. The fraction of sp³-hybridized carbons (Fsp3) is 0.520. The maximum absolute atomic E-state index is 5.98. The summed E-state index contributed by atoms with van der Waals surface area (Å²) in [5.74, 6) is 2.94. The number of hydrogen-bond acceptors (Lipinski definition) is 4. The van der Waals surface area contributed by atoms with Crippen LogP contribution in [0.2, 0.25) is 0 Å². The lowest BCUT2D eigenvalue weighted by atomic mass is 9.75. The molecule has 0 aliphatic carbocycles. The summed E-state index contributed by atoms with van der Waals surface area (Å²) in [4.78, 5) is 0. The topological polar surface area (TPSA) is 39.7 Å². The second-order valence-electron chi connectivity index (χ2n) is 8.52. The summed E-state index contributed by atoms with van der Waals surface area (Å²) in [5.41, 5.74) is 2.54. The van der Waals surface area contributed by atoms with Gasteiger partial charge in [-0.25, -0.2) is 0 Å². The molecular weight excluding hydrogens is 362 g/mol. The van der Waals surface area contributed by atoms with Crippen molar-refractivity contribution in [2.45, 2.75) is 51.2 Å². The van der Waals surface area contributed by atoms with Crippen LogP contribution in [-0.4, -0.2) is 33.0 Å². The molecule has 1 aliphatic rings. The summed E-state index contributed by atoms with van der Waals surface area (Å²) in [6, 6.07) is 16.7. The lowest BCUT2D eigenvalue weighted by molar-refractivity contribution is -0.0772. The summed E-state index contributed by atoms with van der Waals surface area (Å²) in [5, 5.41) is 3.62. The zero-order chi connectivity index (χ0) is 20.7. The van der Waals surface area contributed by atoms with Crippen molar-refractivity contribution < 1.29 is 14.2 Å². The smallest absolute Gasteiger partial charge is 0.122 e. The van der Waals surface area contributed by atoms with E-state index in [0.717, 1.165) is 50.5 Å². The molecule has 0 saturated carbocycles. The third-order valence-electron chi connectivity index (χ3n) is 5.96. The summed E-state index contributed by atoms with van der Waals surface area (Å²) in [6.45, 7) is 7.08. The SMILES string of the molecule is COc1ccc(CNCC[C@@H](c2ccccc2OC)[C@@H]2CCOC(C)(C)C2)cc1. The quantitative estimate of drug-likeness (QED) is 0.593. The summed E-state index contributed by atoms with van der Waals surface area (Å²) in [7, 11) is 3.47. The zero-order valence-corrected chi connectivity index (χ0v) is 18.2. The molecule has 1 saturated heterocycles. The predicted molar refractivity (Wildman–Crippen MR) is 118 cm³/mol. The van der Waals surface area contributed by atoms with Gasteiger partial charge in [-0.2, -0.15) is 0 Å². The highest BCUT2D eigenvalue weighted by atomic mass is 16.5. The van der Waals surface area contributed by atoms with Gasteiger partial charge in [-0.05, 0) is 80.8 Å². The molecule has 0 amide bonds. The highest BCUT2D eigenvalue weighted by Crippen LogP contribution is 2.42. The molecule has 0 aromatic heterocycles. The van der Waals surface area contributed by atoms with E-state index in [2.05, 4.69) is 55.6 Å². The molecule has 1 aliphatic heterocycles. The molecule has 2 aromatic carbocycles. The van der Waals surface area contributed by atoms with Gasteiger partial charge in [0.05, 0.1) is 19.8 Å². The summed E-state index contributed by atoms with van der Waals surface area (Å²) >= 11 is 0. The summed E-state index contributed by atoms with van der Waals surface area (Å²) in [6.07, 6.45) is 3.26. The Balaban J connectivity index is 1.66. The van der Waals surface area contributed by atoms with E-state index in [-0.39, 0.29) is 5.60 Å². The van der Waals surface area contributed by atoms with Gasteiger partial charge in [-0.15, -0.1) is 0 Å². The minimum atomic E-state index is -0.0558. The number of methoxy groups -OCH3 is 2. The monoisotopic (exact) mass is 397 g/mol. The standard InChI is InChI=1S/C25H35NO3/c1-25(2)17-20(14-16-29-25)22(23-7-5-6-8-24(23)28-4)13-15-26-18-19-9-11-21(27-3)12-10-19/h5-12,20,22,26H,13-18H2,1-4H3/t20-,22-/m1/s1. The number of para-hydroxylation sites is 1. The van der Waals surface area contributed by atoms with Gasteiger partial charge in [0, 0.05) is 13.2 Å². The van der Waals surface area contributed by atoms with Gasteiger partial charge in [0.15, 0.2) is 0 Å². The highest BCUT2D eigenvalue weighted by Gasteiger charge is 2.34. The lowest BCUT2D eigenvalue weighted by Gasteiger charge is -2.40. The number of hydrogen-bond donors (Lipinski definition) is 1. The molecule has 0 bridgehead atoms. The molecule has 1 N–H and O–H groups in total. The maximum atomic E-state index is 5.98. The number of nitrogens with one attached hydrogen (secondary N) is 1. The average molecular weight is 398 g/mol. The fourth-order valence-electron chi connectivity index (χ4n) is 4.47. The Morgan fingerprint density at radius 1 is 1.07 bits per heavy atom. The van der Waals surface area contributed by atoms with Gasteiger partial charge < -0.3 is 19.5 Å². The van der Waals surface area contributed by atoms with Crippen molar-refractivity contribution in [1.29, 1.82) is 0 Å². The van der Waals surface area contributed by atoms with Gasteiger partial charge in [-0.3, -0.25) is 0 Å². The van der Waals surface area contributed by atoms with Crippen LogP contribution in [0.25, 0.3) is 0 Å². The third kappa shape index (κ3) is 5.97. The first kappa shape index (κ1) is 21.7. The Hall–Kier alpha value is -2.04. The van der Waals surface area contributed by atoms with E-state index in [1.807, 2.05) is 12.1 Å². The van der Waals surface area contributed by atoms with Crippen LogP contribution in [0.1, 0.15) is 50.2 Å². The van der Waals surface area contributed by atoms with E-state index in [1.54, 1.807) is 14.2 Å². The Kier molecular flexibility index (Phi) is 7.57. The molecule has 1 heterocycles. The molecule has 3 rings (SSSR count). The molecule has 0 unspecified atom stereocenters. The number of benzene rings is 2. The molecule has 4 nitrogen and oxygen atoms in total. The van der Waals surface area contributed by atoms with Crippen LogP contribution in [0.3, 0.4) is 0 Å². The highest BCUT2D eigenvalue weighted by molar-refractivity contribution is 5.37. The van der Waals surface area contributed by atoms with Crippen LogP contribution in [0.5, 0.6) is 11.5 Å². The molecule has 2 atom stereocenters. The first-order valence-corrected chi connectivity index (χ1v) is 10.6. The van der Waals surface area contributed by atoms with Crippen LogP contribution in [0.15, 0.2) is 48.5 Å². The van der Waals surface area contributed by atoms with Gasteiger partial charge in [-0.1, -0.05) is 30.3 Å². The van der Waals surface area contributed by atoms with Crippen molar-refractivity contribution in [2.24, 2.45) is 5.92 Å². The second kappa shape index (κ2) is 10.1. The van der Waals surface area contributed by atoms with Gasteiger partial charge >= 0.3 is 0 Å². The van der Waals surface area contributed by atoms with Crippen LogP contribution in [0.4, 0.5) is 0 Å². The van der Waals surface area contributed by atoms with Crippen LogP contribution in [0, 0.1) is 5.92 Å². The van der Waals surface area contributed by atoms with E-state index < -0.39 is 0 Å². The lowest BCUT2D eigenvalue weighted by Crippen LogP contribution is -2.37. The van der Waals surface area contributed by atoms with E-state index in [1.165, 1.54) is 11.1 Å². The Morgan fingerprint density at radius 2 is 1.83 bits per heavy atom. The van der Waals surface area contributed by atoms with Crippen molar-refractivity contribution in [3.63, 3.8) is 0 Å². The van der Waals surface area contributed by atoms with Crippen molar-refractivity contribution in [1.82, 2.24) is 5.32 Å². The van der Waals surface area contributed by atoms with Crippen molar-refractivity contribution in [2.75, 3.05) is 27.4 Å². The minimum absolute atomic E-state index is 0.0558. The Labute approximate surface area is 175 Å². The molecule has 2 aromatic rings. The Morgan fingerprint density at radius 3 is 2.52 bits per heavy atom. The van der Waals surface area contributed by atoms with Crippen LogP contribution >= 0.6 is 0 Å². The van der Waals surface area contributed by atoms with Crippen molar-refractivity contribution >= 4 is 0 Å². The molecule has 0 spiro atoms. The first-order valence-electron chi connectivity index (χ1n) is 10.6. The molecule has 29 heavy (non-hydrogen) atoms. The fourth-order valence-corrected chi connectivity index (χ4v) is 4.47. The molecule has 1 fully saturated rings. The predicted octanol–water partition coefficient (Wildman–Crippen LogP) is 5.17. The minimum Gasteiger partial charge on any atom is -0.497 e. The third-order valence-corrected chi connectivity index (χ3v) is 5.96. The Bertz CT molecular complexity index is 757. The van der Waals surface area contributed by atoms with Crippen molar-refractivity contribution in [3.05, 3.63) is 59.7 Å². The summed E-state index contributed by atoms with van der Waals surface area (Å²) < 4.78 is 16.9. The molecular formula is C25H35NO3. The molecule has 158 valence electrons. The van der Waals surface area contributed by atoms with Gasteiger partial charge in [0.2, 0.25) is 0 Å². The van der Waals surface area contributed by atoms with Crippen LogP contribution < -0.4 is 14.8 Å². The van der Waals surface area contributed by atoms with Crippen LogP contribution in [-0.2, 0) is 11.3 Å². The zero-order valence-electron chi connectivity index (χ0n) is 18.2. The normalized spacial score (nSPS) is 19.5. The van der Waals surface area contributed by atoms with E-state index in [4.69, 9.17) is 14.2 Å². The number of ether oxygens (including phenoxy) is 3. The van der Waals surface area contributed by atoms with E-state index in [9.17, 15) is 0 Å². The maximum Gasteiger partial charge on any atom is 0.122 e. The first-order chi connectivity index (χ1) is 14.0. The van der Waals surface area contributed by atoms with Crippen molar-refractivity contribution in [3.8, 4) is 11.5 Å². The van der Waals surface area contributed by atoms with Gasteiger partial charge in [0.25, 0.3) is 0 Å². The van der Waals surface area contributed by atoms with E-state index in [0.29, 0.717) is 11.8 Å². The molecule has 0 radical (unpaired) electrons. The van der Waals surface area contributed by atoms with Gasteiger partial charge in [0.1, 0.15) is 11.5 Å². The second-order valence-corrected chi connectivity index (χ2v) is 8.52.